The van der Waals surface area contributed by atoms with Crippen molar-refractivity contribution in [2.45, 2.75) is 0 Å². The molecule has 0 bridgehead atoms. The number of fused-ring (bicyclic) bond motifs is 3. The number of hydrogen-bond acceptors (Lipinski definition) is 6. The molecule has 1 saturated heterocycles. The molecule has 0 radical (unpaired) electrons. The Hall–Kier alpha value is -2.31. The van der Waals surface area contributed by atoms with Gasteiger partial charge in [-0.1, -0.05) is 18.2 Å². The zero-order valence-electron chi connectivity index (χ0n) is 11.8. The summed E-state index contributed by atoms with van der Waals surface area (Å²) in [6.45, 7) is 6.38. The molecule has 1 aromatic carbocycles. The number of hydrogen-bond donors (Lipinski definition) is 2. The van der Waals surface area contributed by atoms with E-state index in [2.05, 4.69) is 21.9 Å². The SMILES string of the molecule is C=C1CNCCN1c1nc(N)nc2c1oc1ccc(Cl)cc12. The first-order valence-corrected chi connectivity index (χ1v) is 7.32. The van der Waals surface area contributed by atoms with Gasteiger partial charge in [0.15, 0.2) is 11.4 Å². The van der Waals surface area contributed by atoms with Crippen molar-refractivity contribution in [1.29, 1.82) is 0 Å². The van der Waals surface area contributed by atoms with Gasteiger partial charge in [0.25, 0.3) is 0 Å². The number of anilines is 2. The summed E-state index contributed by atoms with van der Waals surface area (Å²) in [7, 11) is 0. The second-order valence-electron chi connectivity index (χ2n) is 5.22. The lowest BCUT2D eigenvalue weighted by Gasteiger charge is -2.30. The van der Waals surface area contributed by atoms with Crippen LogP contribution in [0.2, 0.25) is 5.02 Å². The van der Waals surface area contributed by atoms with Gasteiger partial charge in [-0.25, -0.2) is 4.98 Å². The lowest BCUT2D eigenvalue weighted by Crippen LogP contribution is -2.41. The van der Waals surface area contributed by atoms with E-state index in [0.717, 1.165) is 24.2 Å². The van der Waals surface area contributed by atoms with Crippen molar-refractivity contribution in [2.24, 2.45) is 0 Å². The summed E-state index contributed by atoms with van der Waals surface area (Å²) in [5, 5.41) is 4.72. The van der Waals surface area contributed by atoms with E-state index < -0.39 is 0 Å². The number of nitrogens with two attached hydrogens (primary N) is 1. The number of benzene rings is 1. The van der Waals surface area contributed by atoms with Gasteiger partial charge in [0.05, 0.1) is 0 Å². The highest BCUT2D eigenvalue weighted by atomic mass is 35.5. The Morgan fingerprint density at radius 1 is 1.36 bits per heavy atom. The van der Waals surface area contributed by atoms with Crippen LogP contribution in [0.1, 0.15) is 0 Å². The molecule has 3 heterocycles. The van der Waals surface area contributed by atoms with Crippen LogP contribution < -0.4 is 16.0 Å². The summed E-state index contributed by atoms with van der Waals surface area (Å²) in [4.78, 5) is 10.7. The Morgan fingerprint density at radius 2 is 2.23 bits per heavy atom. The van der Waals surface area contributed by atoms with Crippen molar-refractivity contribution >= 4 is 45.4 Å². The number of nitrogen functional groups attached to an aromatic ring is 1. The molecule has 0 spiro atoms. The summed E-state index contributed by atoms with van der Waals surface area (Å²) in [6.07, 6.45) is 0. The second-order valence-corrected chi connectivity index (χ2v) is 5.66. The van der Waals surface area contributed by atoms with Crippen LogP contribution in [-0.4, -0.2) is 29.6 Å². The first kappa shape index (κ1) is 13.4. The van der Waals surface area contributed by atoms with E-state index in [9.17, 15) is 0 Å². The zero-order chi connectivity index (χ0) is 15.3. The van der Waals surface area contributed by atoms with Gasteiger partial charge < -0.3 is 20.4 Å². The minimum Gasteiger partial charge on any atom is -0.450 e. The third kappa shape index (κ3) is 2.00. The Balaban J connectivity index is 2.02. The average Bonchev–Trinajstić information content (AvgIpc) is 2.85. The fourth-order valence-electron chi connectivity index (χ4n) is 2.73. The Labute approximate surface area is 131 Å². The molecule has 1 fully saturated rings. The van der Waals surface area contributed by atoms with Crippen LogP contribution in [0.4, 0.5) is 11.8 Å². The lowest BCUT2D eigenvalue weighted by atomic mass is 10.2. The molecule has 7 heteroatoms. The molecule has 3 aromatic rings. The number of rotatable bonds is 1. The number of nitrogens with zero attached hydrogens (tertiary/aromatic N) is 3. The summed E-state index contributed by atoms with van der Waals surface area (Å²) < 4.78 is 5.95. The molecule has 0 saturated carbocycles. The van der Waals surface area contributed by atoms with Gasteiger partial charge >= 0.3 is 0 Å². The highest BCUT2D eigenvalue weighted by molar-refractivity contribution is 6.31. The van der Waals surface area contributed by atoms with Crippen molar-refractivity contribution < 1.29 is 4.42 Å². The maximum atomic E-state index is 6.08. The van der Waals surface area contributed by atoms with Crippen molar-refractivity contribution in [2.75, 3.05) is 30.3 Å². The predicted octanol–water partition coefficient (Wildman–Crippen LogP) is 2.53. The third-order valence-electron chi connectivity index (χ3n) is 3.75. The first-order chi connectivity index (χ1) is 10.6. The van der Waals surface area contributed by atoms with Crippen LogP contribution in [0, 0.1) is 0 Å². The minimum atomic E-state index is 0.205. The fraction of sp³-hybridized carbons (Fsp3) is 0.200. The molecule has 0 aliphatic carbocycles. The summed E-state index contributed by atoms with van der Waals surface area (Å²) in [6, 6.07) is 5.43. The molecule has 6 nitrogen and oxygen atoms in total. The van der Waals surface area contributed by atoms with Crippen LogP contribution in [0.15, 0.2) is 34.9 Å². The van der Waals surface area contributed by atoms with Gasteiger partial charge in [0.1, 0.15) is 11.1 Å². The molecule has 1 aliphatic rings. The highest BCUT2D eigenvalue weighted by Crippen LogP contribution is 2.35. The smallest absolute Gasteiger partial charge is 0.222 e. The van der Waals surface area contributed by atoms with E-state index in [-0.39, 0.29) is 5.95 Å². The van der Waals surface area contributed by atoms with Crippen LogP contribution >= 0.6 is 11.6 Å². The van der Waals surface area contributed by atoms with E-state index in [1.807, 2.05) is 17.0 Å². The zero-order valence-corrected chi connectivity index (χ0v) is 12.5. The van der Waals surface area contributed by atoms with Crippen LogP contribution in [0.3, 0.4) is 0 Å². The molecule has 112 valence electrons. The van der Waals surface area contributed by atoms with Gasteiger partial charge in [0.2, 0.25) is 5.95 Å². The maximum absolute atomic E-state index is 6.08. The number of nitrogens with one attached hydrogen (secondary N) is 1. The summed E-state index contributed by atoms with van der Waals surface area (Å²) in [5.74, 6) is 0.859. The molecule has 1 aliphatic heterocycles. The number of piperazine rings is 1. The highest BCUT2D eigenvalue weighted by Gasteiger charge is 2.23. The summed E-state index contributed by atoms with van der Waals surface area (Å²) in [5.41, 5.74) is 8.80. The van der Waals surface area contributed by atoms with Crippen LogP contribution in [-0.2, 0) is 0 Å². The van der Waals surface area contributed by atoms with E-state index in [0.29, 0.717) is 34.1 Å². The predicted molar refractivity (Wildman–Crippen MR) is 88.1 cm³/mol. The van der Waals surface area contributed by atoms with Gasteiger partial charge in [0, 0.05) is 35.7 Å². The van der Waals surface area contributed by atoms with Gasteiger partial charge in [-0.15, -0.1) is 0 Å². The standard InChI is InChI=1S/C15H14ClN5O/c1-8-7-18-4-5-21(8)14-13-12(19-15(17)20-14)10-6-9(16)2-3-11(10)22-13/h2-3,6,18H,1,4-5,7H2,(H2,17,19,20). The molecule has 0 unspecified atom stereocenters. The average molecular weight is 316 g/mol. The molecule has 22 heavy (non-hydrogen) atoms. The second kappa shape index (κ2) is 4.86. The lowest BCUT2D eigenvalue weighted by molar-refractivity contribution is 0.630. The third-order valence-corrected chi connectivity index (χ3v) is 3.99. The van der Waals surface area contributed by atoms with Gasteiger partial charge in [-0.05, 0) is 18.2 Å². The van der Waals surface area contributed by atoms with Gasteiger partial charge in [-0.2, -0.15) is 4.98 Å². The summed E-state index contributed by atoms with van der Waals surface area (Å²) >= 11 is 6.08. The molecule has 3 N–H and O–H groups in total. The molecule has 2 aromatic heterocycles. The van der Waals surface area contributed by atoms with E-state index in [1.54, 1.807) is 6.07 Å². The largest absolute Gasteiger partial charge is 0.450 e. The molecule has 4 rings (SSSR count). The fourth-order valence-corrected chi connectivity index (χ4v) is 2.91. The van der Waals surface area contributed by atoms with Crippen LogP contribution in [0.5, 0.6) is 0 Å². The Morgan fingerprint density at radius 3 is 3.05 bits per heavy atom. The molecular weight excluding hydrogens is 302 g/mol. The Kier molecular flexibility index (Phi) is 2.95. The number of aromatic nitrogens is 2. The topological polar surface area (TPSA) is 80.2 Å². The van der Waals surface area contributed by atoms with E-state index in [1.165, 1.54) is 0 Å². The monoisotopic (exact) mass is 315 g/mol. The molecule has 0 amide bonds. The quantitative estimate of drug-likeness (QED) is 0.718. The van der Waals surface area contributed by atoms with Crippen molar-refractivity contribution in [3.05, 3.63) is 35.5 Å². The van der Waals surface area contributed by atoms with Gasteiger partial charge in [-0.3, -0.25) is 0 Å². The van der Waals surface area contributed by atoms with Crippen molar-refractivity contribution in [3.8, 4) is 0 Å². The first-order valence-electron chi connectivity index (χ1n) is 6.95. The van der Waals surface area contributed by atoms with Crippen molar-refractivity contribution in [3.63, 3.8) is 0 Å². The van der Waals surface area contributed by atoms with E-state index >= 15 is 0 Å². The normalized spacial score (nSPS) is 15.9. The number of furan rings is 1. The molecule has 0 atom stereocenters. The minimum absolute atomic E-state index is 0.205. The Bertz CT molecular complexity index is 904. The molecular formula is C15H14ClN5O. The van der Waals surface area contributed by atoms with Crippen LogP contribution in [0.25, 0.3) is 22.1 Å². The maximum Gasteiger partial charge on any atom is 0.222 e. The number of halogens is 1. The van der Waals surface area contributed by atoms with Crippen molar-refractivity contribution in [1.82, 2.24) is 15.3 Å². The van der Waals surface area contributed by atoms with E-state index in [4.69, 9.17) is 21.8 Å².